The summed E-state index contributed by atoms with van der Waals surface area (Å²) in [5.41, 5.74) is 0.312. The Bertz CT molecular complexity index is 214. The van der Waals surface area contributed by atoms with Crippen LogP contribution in [0.1, 0.15) is 26.7 Å². The Morgan fingerprint density at radius 3 is 2.80 bits per heavy atom. The highest BCUT2D eigenvalue weighted by Crippen LogP contribution is 2.30. The molecule has 88 valence electrons. The van der Waals surface area contributed by atoms with Gasteiger partial charge in [0.2, 0.25) is 0 Å². The highest BCUT2D eigenvalue weighted by Gasteiger charge is 2.39. The smallest absolute Gasteiger partial charge is 0.0648 e. The third-order valence-electron chi connectivity index (χ3n) is 4.24. The van der Waals surface area contributed by atoms with Gasteiger partial charge in [0.1, 0.15) is 0 Å². The minimum absolute atomic E-state index is 0.312. The van der Waals surface area contributed by atoms with E-state index in [1.807, 2.05) is 0 Å². The molecule has 0 spiro atoms. The van der Waals surface area contributed by atoms with Crippen LogP contribution in [0, 0.1) is 5.92 Å². The fourth-order valence-corrected chi connectivity index (χ4v) is 2.97. The minimum atomic E-state index is 0.312. The molecule has 0 aromatic rings. The number of hydrogen-bond donors (Lipinski definition) is 1. The summed E-state index contributed by atoms with van der Waals surface area (Å²) in [6, 6.07) is 0.701. The summed E-state index contributed by atoms with van der Waals surface area (Å²) in [7, 11) is 2.08. The van der Waals surface area contributed by atoms with E-state index < -0.39 is 0 Å². The molecule has 3 atom stereocenters. The molecule has 0 aromatic carbocycles. The van der Waals surface area contributed by atoms with Crippen molar-refractivity contribution in [2.75, 3.05) is 33.4 Å². The second-order valence-electron chi connectivity index (χ2n) is 5.41. The van der Waals surface area contributed by atoms with Gasteiger partial charge in [-0.15, -0.1) is 0 Å². The summed E-state index contributed by atoms with van der Waals surface area (Å²) in [5.74, 6) is 0.751. The molecule has 3 nitrogen and oxygen atoms in total. The van der Waals surface area contributed by atoms with Gasteiger partial charge in [-0.3, -0.25) is 4.90 Å². The van der Waals surface area contributed by atoms with E-state index in [0.717, 1.165) is 19.1 Å². The highest BCUT2D eigenvalue weighted by molar-refractivity contribution is 4.94. The average Bonchev–Trinajstić information content (AvgIpc) is 2.66. The summed E-state index contributed by atoms with van der Waals surface area (Å²) in [6.07, 6.45) is 2.47. The Morgan fingerprint density at radius 1 is 1.47 bits per heavy atom. The summed E-state index contributed by atoms with van der Waals surface area (Å²) in [5, 5.41) is 3.42. The monoisotopic (exact) mass is 212 g/mol. The quantitative estimate of drug-likeness (QED) is 0.742. The van der Waals surface area contributed by atoms with Crippen molar-refractivity contribution in [1.82, 2.24) is 10.2 Å². The third kappa shape index (κ3) is 2.19. The van der Waals surface area contributed by atoms with E-state index in [1.54, 1.807) is 0 Å². The zero-order valence-electron chi connectivity index (χ0n) is 10.3. The predicted octanol–water partition coefficient (Wildman–Crippen LogP) is 1.10. The first-order chi connectivity index (χ1) is 7.15. The minimum Gasteiger partial charge on any atom is -0.379 e. The first-order valence-electron chi connectivity index (χ1n) is 6.16. The lowest BCUT2D eigenvalue weighted by atomic mass is 9.88. The topological polar surface area (TPSA) is 24.5 Å². The van der Waals surface area contributed by atoms with E-state index in [-0.39, 0.29) is 0 Å². The molecule has 0 bridgehead atoms. The molecule has 0 amide bonds. The van der Waals surface area contributed by atoms with Crippen molar-refractivity contribution in [1.29, 1.82) is 0 Å². The molecule has 2 fully saturated rings. The van der Waals surface area contributed by atoms with E-state index >= 15 is 0 Å². The lowest BCUT2D eigenvalue weighted by Gasteiger charge is -2.44. The molecule has 3 heteroatoms. The van der Waals surface area contributed by atoms with E-state index in [9.17, 15) is 0 Å². The second kappa shape index (κ2) is 4.40. The van der Waals surface area contributed by atoms with Crippen LogP contribution in [0.3, 0.4) is 0 Å². The van der Waals surface area contributed by atoms with Crippen molar-refractivity contribution in [2.45, 2.75) is 38.3 Å². The Morgan fingerprint density at radius 2 is 2.27 bits per heavy atom. The molecule has 0 aromatic heterocycles. The van der Waals surface area contributed by atoms with Gasteiger partial charge in [-0.05, 0) is 32.7 Å². The standard InChI is InChI=1S/C12H24N2O/c1-10-8-14(6-4-11(10)13-3)12(2)5-7-15-9-12/h10-11,13H,4-9H2,1-3H3. The van der Waals surface area contributed by atoms with Gasteiger partial charge in [0.15, 0.2) is 0 Å². The molecule has 0 radical (unpaired) electrons. The summed E-state index contributed by atoms with van der Waals surface area (Å²) >= 11 is 0. The van der Waals surface area contributed by atoms with Crippen molar-refractivity contribution < 1.29 is 4.74 Å². The maximum absolute atomic E-state index is 5.54. The molecule has 0 aliphatic carbocycles. The van der Waals surface area contributed by atoms with Crippen molar-refractivity contribution in [3.63, 3.8) is 0 Å². The van der Waals surface area contributed by atoms with E-state index in [4.69, 9.17) is 4.74 Å². The van der Waals surface area contributed by atoms with E-state index in [0.29, 0.717) is 11.6 Å². The van der Waals surface area contributed by atoms with E-state index in [2.05, 4.69) is 31.1 Å². The van der Waals surface area contributed by atoms with Crippen molar-refractivity contribution in [2.24, 2.45) is 5.92 Å². The van der Waals surface area contributed by atoms with Gasteiger partial charge in [-0.2, -0.15) is 0 Å². The molecule has 2 aliphatic rings. The normalized spacial score (nSPS) is 43.4. The van der Waals surface area contributed by atoms with Gasteiger partial charge in [-0.25, -0.2) is 0 Å². The molecular weight excluding hydrogens is 188 g/mol. The number of nitrogens with one attached hydrogen (secondary N) is 1. The van der Waals surface area contributed by atoms with Gasteiger partial charge >= 0.3 is 0 Å². The number of piperidine rings is 1. The summed E-state index contributed by atoms with van der Waals surface area (Å²) in [6.45, 7) is 9.00. The van der Waals surface area contributed by atoms with Crippen LogP contribution in [0.2, 0.25) is 0 Å². The van der Waals surface area contributed by atoms with Gasteiger partial charge in [0.05, 0.1) is 6.61 Å². The van der Waals surface area contributed by atoms with E-state index in [1.165, 1.54) is 25.9 Å². The van der Waals surface area contributed by atoms with Crippen LogP contribution in [0.15, 0.2) is 0 Å². The van der Waals surface area contributed by atoms with Gasteiger partial charge in [0, 0.05) is 31.3 Å². The summed E-state index contributed by atoms with van der Waals surface area (Å²) < 4.78 is 5.54. The summed E-state index contributed by atoms with van der Waals surface area (Å²) in [4.78, 5) is 2.64. The molecule has 2 saturated heterocycles. The maximum atomic E-state index is 5.54. The Hall–Kier alpha value is -0.120. The molecule has 0 saturated carbocycles. The zero-order chi connectivity index (χ0) is 10.9. The number of nitrogens with zero attached hydrogens (tertiary/aromatic N) is 1. The van der Waals surface area contributed by atoms with Crippen molar-refractivity contribution in [3.05, 3.63) is 0 Å². The SMILES string of the molecule is CNC1CCN(C2(C)CCOC2)CC1C. The Kier molecular flexibility index (Phi) is 3.33. The van der Waals surface area contributed by atoms with Crippen molar-refractivity contribution in [3.8, 4) is 0 Å². The Labute approximate surface area is 93.2 Å². The van der Waals surface area contributed by atoms with Crippen LogP contribution in [0.4, 0.5) is 0 Å². The molecule has 2 rings (SSSR count). The number of likely N-dealkylation sites (tertiary alicyclic amines) is 1. The lowest BCUT2D eigenvalue weighted by Crippen LogP contribution is -2.56. The number of hydrogen-bond acceptors (Lipinski definition) is 3. The fourth-order valence-electron chi connectivity index (χ4n) is 2.97. The van der Waals surface area contributed by atoms with Gasteiger partial charge in [-0.1, -0.05) is 6.92 Å². The lowest BCUT2D eigenvalue weighted by molar-refractivity contribution is 0.0348. The van der Waals surface area contributed by atoms with Crippen LogP contribution in [0.25, 0.3) is 0 Å². The third-order valence-corrected chi connectivity index (χ3v) is 4.24. The first-order valence-corrected chi connectivity index (χ1v) is 6.16. The molecule has 2 heterocycles. The number of rotatable bonds is 2. The predicted molar refractivity (Wildman–Crippen MR) is 62.0 cm³/mol. The number of ether oxygens (including phenoxy) is 1. The zero-order valence-corrected chi connectivity index (χ0v) is 10.3. The molecule has 2 aliphatic heterocycles. The van der Waals surface area contributed by atoms with Crippen molar-refractivity contribution >= 4 is 0 Å². The van der Waals surface area contributed by atoms with Gasteiger partial charge in [0.25, 0.3) is 0 Å². The highest BCUT2D eigenvalue weighted by atomic mass is 16.5. The maximum Gasteiger partial charge on any atom is 0.0648 e. The van der Waals surface area contributed by atoms with Crippen LogP contribution in [-0.4, -0.2) is 49.8 Å². The fraction of sp³-hybridized carbons (Fsp3) is 1.00. The first kappa shape index (κ1) is 11.4. The van der Waals surface area contributed by atoms with Crippen LogP contribution in [0.5, 0.6) is 0 Å². The molecule has 15 heavy (non-hydrogen) atoms. The van der Waals surface area contributed by atoms with Crippen LogP contribution >= 0.6 is 0 Å². The average molecular weight is 212 g/mol. The molecular formula is C12H24N2O. The van der Waals surface area contributed by atoms with Crippen LogP contribution < -0.4 is 5.32 Å². The molecule has 1 N–H and O–H groups in total. The van der Waals surface area contributed by atoms with Crippen LogP contribution in [-0.2, 0) is 4.74 Å². The molecule has 3 unspecified atom stereocenters. The largest absolute Gasteiger partial charge is 0.379 e. The second-order valence-corrected chi connectivity index (χ2v) is 5.41. The Balaban J connectivity index is 1.95. The van der Waals surface area contributed by atoms with Gasteiger partial charge < -0.3 is 10.1 Å².